The summed E-state index contributed by atoms with van der Waals surface area (Å²) in [6, 6.07) is 12.5. The summed E-state index contributed by atoms with van der Waals surface area (Å²) in [6.07, 6.45) is 2.23. The Hall–Kier alpha value is -3.16. The van der Waals surface area contributed by atoms with Crippen molar-refractivity contribution in [2.24, 2.45) is 0 Å². The van der Waals surface area contributed by atoms with Crippen molar-refractivity contribution in [1.29, 1.82) is 0 Å². The van der Waals surface area contributed by atoms with Gasteiger partial charge in [0, 0.05) is 24.5 Å². The molecule has 0 radical (unpaired) electrons. The molecule has 178 valence electrons. The molecule has 0 bridgehead atoms. The highest BCUT2D eigenvalue weighted by Crippen LogP contribution is 2.53. The third-order valence-corrected chi connectivity index (χ3v) is 7.19. The summed E-state index contributed by atoms with van der Waals surface area (Å²) < 4.78 is 29.5. The van der Waals surface area contributed by atoms with E-state index in [1.54, 1.807) is 14.2 Å². The zero-order valence-corrected chi connectivity index (χ0v) is 19.9. The predicted molar refractivity (Wildman–Crippen MR) is 131 cm³/mol. The van der Waals surface area contributed by atoms with Crippen LogP contribution in [0.15, 0.2) is 36.4 Å². The Morgan fingerprint density at radius 3 is 2.47 bits per heavy atom. The van der Waals surface area contributed by atoms with Crippen molar-refractivity contribution in [2.45, 2.75) is 19.1 Å². The quantitative estimate of drug-likeness (QED) is 0.521. The minimum absolute atomic E-state index is 0.256. The van der Waals surface area contributed by atoms with E-state index >= 15 is 0 Å². The summed E-state index contributed by atoms with van der Waals surface area (Å²) in [4.78, 5) is 4.69. The Balaban J connectivity index is 1.49. The van der Waals surface area contributed by atoms with Crippen molar-refractivity contribution in [1.82, 2.24) is 4.90 Å². The maximum Gasteiger partial charge on any atom is 0.231 e. The number of nitrogens with zero attached hydrogens (tertiary/aromatic N) is 2. The van der Waals surface area contributed by atoms with E-state index < -0.39 is 0 Å². The van der Waals surface area contributed by atoms with Gasteiger partial charge < -0.3 is 33.5 Å². The van der Waals surface area contributed by atoms with Crippen molar-refractivity contribution in [3.05, 3.63) is 42.0 Å². The highest BCUT2D eigenvalue weighted by Gasteiger charge is 2.35. The third kappa shape index (κ3) is 3.34. The number of likely N-dealkylation sites (tertiary alicyclic amines) is 1. The molecule has 0 aliphatic carbocycles. The highest BCUT2D eigenvalue weighted by molar-refractivity contribution is 6.05. The third-order valence-electron chi connectivity index (χ3n) is 7.19. The fraction of sp³-hybridized carbons (Fsp3) is 0.407. The van der Waals surface area contributed by atoms with Gasteiger partial charge in [0.25, 0.3) is 0 Å². The van der Waals surface area contributed by atoms with E-state index in [1.165, 1.54) is 12.8 Å². The van der Waals surface area contributed by atoms with Crippen LogP contribution in [-0.4, -0.2) is 59.2 Å². The molecule has 0 aromatic heterocycles. The average molecular weight is 463 g/mol. The number of benzene rings is 3. The van der Waals surface area contributed by atoms with Crippen molar-refractivity contribution >= 4 is 16.5 Å². The number of hydrogen-bond acceptors (Lipinski definition) is 7. The molecule has 3 aromatic carbocycles. The summed E-state index contributed by atoms with van der Waals surface area (Å²) in [5.74, 6) is 2.99. The standard InChI is InChI=1S/C27H30N2O5/c1-28-25-19(7-6-17-14-22-23(15-20(17)25)34-16-33-22)18-8-9-21(30-2)26(31-3)24(18)27(28)32-13-12-29-10-4-5-11-29/h6-9,14-15,27H,4-5,10-13,16H2,1-3H3. The van der Waals surface area contributed by atoms with Gasteiger partial charge in [-0.25, -0.2) is 0 Å². The molecular weight excluding hydrogens is 432 g/mol. The zero-order chi connectivity index (χ0) is 23.2. The lowest BCUT2D eigenvalue weighted by Gasteiger charge is -2.39. The fourth-order valence-electron chi connectivity index (χ4n) is 5.53. The van der Waals surface area contributed by atoms with Crippen LogP contribution in [0.3, 0.4) is 0 Å². The maximum absolute atomic E-state index is 6.62. The van der Waals surface area contributed by atoms with Crippen LogP contribution in [-0.2, 0) is 4.74 Å². The van der Waals surface area contributed by atoms with Gasteiger partial charge in [-0.2, -0.15) is 0 Å². The molecule has 1 unspecified atom stereocenters. The van der Waals surface area contributed by atoms with E-state index in [2.05, 4.69) is 47.2 Å². The van der Waals surface area contributed by atoms with Gasteiger partial charge in [-0.05, 0) is 61.1 Å². The molecular formula is C27H30N2O5. The molecule has 6 rings (SSSR count). The molecule has 3 heterocycles. The van der Waals surface area contributed by atoms with Gasteiger partial charge in [-0.1, -0.05) is 12.1 Å². The van der Waals surface area contributed by atoms with E-state index in [-0.39, 0.29) is 13.0 Å². The lowest BCUT2D eigenvalue weighted by atomic mass is 9.88. The first kappa shape index (κ1) is 21.4. The van der Waals surface area contributed by atoms with Gasteiger partial charge in [0.1, 0.15) is 0 Å². The maximum atomic E-state index is 6.62. The Labute approximate surface area is 199 Å². The van der Waals surface area contributed by atoms with Gasteiger partial charge in [0.2, 0.25) is 6.79 Å². The number of ether oxygens (including phenoxy) is 5. The SMILES string of the molecule is COc1ccc2c(c1OC)C(OCCN1CCCC1)N(C)c1c-2ccc2cc3c(cc12)OCO3. The lowest BCUT2D eigenvalue weighted by Crippen LogP contribution is -2.33. The molecule has 34 heavy (non-hydrogen) atoms. The van der Waals surface area contributed by atoms with Gasteiger partial charge in [-0.3, -0.25) is 0 Å². The molecule has 1 atom stereocenters. The summed E-state index contributed by atoms with van der Waals surface area (Å²) in [5, 5.41) is 2.22. The van der Waals surface area contributed by atoms with Crippen LogP contribution in [0.4, 0.5) is 5.69 Å². The van der Waals surface area contributed by atoms with Gasteiger partial charge in [0.15, 0.2) is 29.2 Å². The average Bonchev–Trinajstić information content (AvgIpc) is 3.55. The minimum Gasteiger partial charge on any atom is -0.493 e. The first-order chi connectivity index (χ1) is 16.7. The second-order valence-electron chi connectivity index (χ2n) is 9.03. The predicted octanol–water partition coefficient (Wildman–Crippen LogP) is 4.81. The van der Waals surface area contributed by atoms with Gasteiger partial charge in [0.05, 0.1) is 32.1 Å². The van der Waals surface area contributed by atoms with Crippen molar-refractivity contribution < 1.29 is 23.7 Å². The number of methoxy groups -OCH3 is 2. The Morgan fingerprint density at radius 2 is 1.71 bits per heavy atom. The fourth-order valence-corrected chi connectivity index (χ4v) is 5.53. The van der Waals surface area contributed by atoms with E-state index in [0.717, 1.165) is 70.0 Å². The summed E-state index contributed by atoms with van der Waals surface area (Å²) in [5.41, 5.74) is 4.33. The molecule has 0 N–H and O–H groups in total. The first-order valence-electron chi connectivity index (χ1n) is 11.9. The number of rotatable bonds is 6. The second-order valence-corrected chi connectivity index (χ2v) is 9.03. The molecule has 7 nitrogen and oxygen atoms in total. The van der Waals surface area contributed by atoms with Crippen LogP contribution >= 0.6 is 0 Å². The Kier molecular flexibility index (Phi) is 5.38. The molecule has 3 aliphatic heterocycles. The molecule has 3 aliphatic rings. The van der Waals surface area contributed by atoms with Crippen LogP contribution in [0.2, 0.25) is 0 Å². The highest BCUT2D eigenvalue weighted by atomic mass is 16.7. The summed E-state index contributed by atoms with van der Waals surface area (Å²) in [6.45, 7) is 4.12. The molecule has 0 spiro atoms. The van der Waals surface area contributed by atoms with Gasteiger partial charge >= 0.3 is 0 Å². The minimum atomic E-state index is -0.314. The first-order valence-corrected chi connectivity index (χ1v) is 11.9. The zero-order valence-electron chi connectivity index (χ0n) is 19.9. The Morgan fingerprint density at radius 1 is 0.941 bits per heavy atom. The molecule has 3 aromatic rings. The Bertz CT molecular complexity index is 1240. The van der Waals surface area contributed by atoms with Crippen molar-refractivity contribution in [3.63, 3.8) is 0 Å². The molecule has 1 fully saturated rings. The molecule has 1 saturated heterocycles. The van der Waals surface area contributed by atoms with Crippen LogP contribution in [0.25, 0.3) is 21.9 Å². The topological polar surface area (TPSA) is 52.6 Å². The second kappa shape index (κ2) is 8.56. The van der Waals surface area contributed by atoms with E-state index in [4.69, 9.17) is 23.7 Å². The number of anilines is 1. The van der Waals surface area contributed by atoms with Crippen LogP contribution < -0.4 is 23.8 Å². The van der Waals surface area contributed by atoms with E-state index in [1.807, 2.05) is 6.07 Å². The van der Waals surface area contributed by atoms with E-state index in [9.17, 15) is 0 Å². The van der Waals surface area contributed by atoms with Crippen LogP contribution in [0, 0.1) is 0 Å². The number of fused-ring (bicyclic) bond motifs is 6. The van der Waals surface area contributed by atoms with Gasteiger partial charge in [-0.15, -0.1) is 0 Å². The molecule has 0 saturated carbocycles. The largest absolute Gasteiger partial charge is 0.493 e. The molecule has 7 heteroatoms. The summed E-state index contributed by atoms with van der Waals surface area (Å²) >= 11 is 0. The van der Waals surface area contributed by atoms with E-state index in [0.29, 0.717) is 12.4 Å². The normalized spacial score (nSPS) is 18.8. The molecule has 0 amide bonds. The number of hydrogen-bond donors (Lipinski definition) is 0. The monoisotopic (exact) mass is 462 g/mol. The van der Waals surface area contributed by atoms with Crippen LogP contribution in [0.5, 0.6) is 23.0 Å². The summed E-state index contributed by atoms with van der Waals surface area (Å²) in [7, 11) is 5.45. The van der Waals surface area contributed by atoms with Crippen molar-refractivity contribution in [3.8, 4) is 34.1 Å². The van der Waals surface area contributed by atoms with Crippen LogP contribution in [0.1, 0.15) is 24.6 Å². The van der Waals surface area contributed by atoms with Crippen molar-refractivity contribution in [2.75, 3.05) is 59.2 Å². The smallest absolute Gasteiger partial charge is 0.231 e. The lowest BCUT2D eigenvalue weighted by molar-refractivity contribution is 0.0388.